The van der Waals surface area contributed by atoms with E-state index >= 15 is 0 Å². The number of hydrogen-bond donors (Lipinski definition) is 3. The maximum atomic E-state index is 13.7. The summed E-state index contributed by atoms with van der Waals surface area (Å²) in [6.45, 7) is 0. The van der Waals surface area contributed by atoms with Gasteiger partial charge in [-0.15, -0.1) is 0 Å². The number of H-pyrrole nitrogens is 1. The van der Waals surface area contributed by atoms with Gasteiger partial charge < -0.3 is 10.4 Å². The van der Waals surface area contributed by atoms with Gasteiger partial charge in [-0.1, -0.05) is 18.2 Å². The Morgan fingerprint density at radius 1 is 1.18 bits per heavy atom. The van der Waals surface area contributed by atoms with Crippen molar-refractivity contribution in [3.63, 3.8) is 0 Å². The predicted molar refractivity (Wildman–Crippen MR) is 77.4 cm³/mol. The van der Waals surface area contributed by atoms with Crippen molar-refractivity contribution in [2.75, 3.05) is 5.32 Å². The lowest BCUT2D eigenvalue weighted by Crippen LogP contribution is -2.14. The van der Waals surface area contributed by atoms with Crippen LogP contribution in [0.5, 0.6) is 0 Å². The van der Waals surface area contributed by atoms with E-state index in [2.05, 4.69) is 15.5 Å². The quantitative estimate of drug-likeness (QED) is 0.693. The Kier molecular flexibility index (Phi) is 3.30. The molecule has 1 aromatic heterocycles. The van der Waals surface area contributed by atoms with Crippen molar-refractivity contribution in [2.45, 2.75) is 0 Å². The van der Waals surface area contributed by atoms with Crippen molar-refractivity contribution in [1.82, 2.24) is 10.2 Å². The Hall–Kier alpha value is -3.22. The summed E-state index contributed by atoms with van der Waals surface area (Å²) in [6.07, 6.45) is 0. The number of amides is 1. The highest BCUT2D eigenvalue weighted by Crippen LogP contribution is 2.20. The number of carbonyl (C=O) groups excluding carboxylic acids is 1. The van der Waals surface area contributed by atoms with Gasteiger partial charge in [0.05, 0.1) is 16.8 Å². The van der Waals surface area contributed by atoms with Crippen LogP contribution in [0, 0.1) is 5.82 Å². The van der Waals surface area contributed by atoms with Gasteiger partial charge >= 0.3 is 5.97 Å². The van der Waals surface area contributed by atoms with Crippen LogP contribution < -0.4 is 5.32 Å². The second-order valence-corrected chi connectivity index (χ2v) is 4.57. The summed E-state index contributed by atoms with van der Waals surface area (Å²) in [5, 5.41) is 18.4. The Morgan fingerprint density at radius 3 is 2.73 bits per heavy atom. The fourth-order valence-corrected chi connectivity index (χ4v) is 2.07. The summed E-state index contributed by atoms with van der Waals surface area (Å²) in [5.41, 5.74) is 0.448. The van der Waals surface area contributed by atoms with E-state index in [1.165, 1.54) is 0 Å². The molecule has 3 aromatic rings. The highest BCUT2D eigenvalue weighted by atomic mass is 19.1. The molecule has 0 radical (unpaired) electrons. The van der Waals surface area contributed by atoms with Gasteiger partial charge in [-0.3, -0.25) is 9.89 Å². The van der Waals surface area contributed by atoms with Crippen LogP contribution in [-0.4, -0.2) is 27.2 Å². The lowest BCUT2D eigenvalue weighted by atomic mass is 10.1. The van der Waals surface area contributed by atoms with Gasteiger partial charge in [-0.05, 0) is 24.3 Å². The first-order chi connectivity index (χ1) is 10.6. The smallest absolute Gasteiger partial charge is 0.335 e. The second kappa shape index (κ2) is 5.28. The Labute approximate surface area is 123 Å². The molecule has 2 aromatic carbocycles. The minimum absolute atomic E-state index is 0.107. The summed E-state index contributed by atoms with van der Waals surface area (Å²) in [5.74, 6) is -2.56. The molecular weight excluding hydrogens is 289 g/mol. The Balaban J connectivity index is 1.94. The summed E-state index contributed by atoms with van der Waals surface area (Å²) in [4.78, 5) is 23.1. The molecule has 0 aliphatic carbocycles. The highest BCUT2D eigenvalue weighted by molar-refractivity contribution is 6.11. The first kappa shape index (κ1) is 13.7. The van der Waals surface area contributed by atoms with E-state index in [1.54, 1.807) is 24.3 Å². The predicted octanol–water partition coefficient (Wildman–Crippen LogP) is 2.65. The fourth-order valence-electron chi connectivity index (χ4n) is 2.07. The monoisotopic (exact) mass is 299 g/mol. The number of anilines is 1. The van der Waals surface area contributed by atoms with Gasteiger partial charge in [0.1, 0.15) is 5.82 Å². The van der Waals surface area contributed by atoms with Crippen LogP contribution in [-0.2, 0) is 0 Å². The van der Waals surface area contributed by atoms with E-state index in [1.807, 2.05) is 0 Å². The maximum Gasteiger partial charge on any atom is 0.335 e. The van der Waals surface area contributed by atoms with Crippen molar-refractivity contribution in [3.05, 3.63) is 59.5 Å². The van der Waals surface area contributed by atoms with E-state index in [0.717, 1.165) is 18.2 Å². The number of nitrogens with zero attached hydrogens (tertiary/aromatic N) is 1. The summed E-state index contributed by atoms with van der Waals surface area (Å²) >= 11 is 0. The summed E-state index contributed by atoms with van der Waals surface area (Å²) < 4.78 is 13.7. The van der Waals surface area contributed by atoms with Gasteiger partial charge in [0.15, 0.2) is 5.69 Å². The van der Waals surface area contributed by atoms with E-state index in [9.17, 15) is 14.0 Å². The van der Waals surface area contributed by atoms with Gasteiger partial charge in [0.25, 0.3) is 5.91 Å². The molecule has 1 heterocycles. The van der Waals surface area contributed by atoms with Crippen LogP contribution in [0.15, 0.2) is 42.5 Å². The molecule has 0 aliphatic heterocycles. The molecule has 7 heteroatoms. The number of aromatic nitrogens is 2. The molecule has 0 saturated heterocycles. The van der Waals surface area contributed by atoms with Crippen LogP contribution in [0.3, 0.4) is 0 Å². The minimum atomic E-state index is -1.21. The number of nitrogens with one attached hydrogen (secondary N) is 2. The number of rotatable bonds is 3. The third kappa shape index (κ3) is 2.39. The third-order valence-corrected chi connectivity index (χ3v) is 3.15. The van der Waals surface area contributed by atoms with E-state index < -0.39 is 17.7 Å². The molecule has 0 saturated carbocycles. The number of para-hydroxylation sites is 1. The number of hydrogen-bond acceptors (Lipinski definition) is 3. The molecule has 1 amide bonds. The van der Waals surface area contributed by atoms with Crippen molar-refractivity contribution in [1.29, 1.82) is 0 Å². The number of benzene rings is 2. The third-order valence-electron chi connectivity index (χ3n) is 3.15. The highest BCUT2D eigenvalue weighted by Gasteiger charge is 2.16. The van der Waals surface area contributed by atoms with Gasteiger partial charge in [0.2, 0.25) is 0 Å². The largest absolute Gasteiger partial charge is 0.478 e. The van der Waals surface area contributed by atoms with Crippen LogP contribution >= 0.6 is 0 Å². The average Bonchev–Trinajstić information content (AvgIpc) is 2.93. The molecule has 3 rings (SSSR count). The normalized spacial score (nSPS) is 10.6. The summed E-state index contributed by atoms with van der Waals surface area (Å²) in [7, 11) is 0. The minimum Gasteiger partial charge on any atom is -0.478 e. The molecule has 0 aliphatic rings. The van der Waals surface area contributed by atoms with E-state index in [-0.39, 0.29) is 16.9 Å². The first-order valence-corrected chi connectivity index (χ1v) is 6.33. The van der Waals surface area contributed by atoms with Gasteiger partial charge in [0, 0.05) is 5.39 Å². The average molecular weight is 299 g/mol. The second-order valence-electron chi connectivity index (χ2n) is 4.57. The molecule has 0 atom stereocenters. The molecule has 3 N–H and O–H groups in total. The Bertz CT molecular complexity index is 889. The zero-order valence-electron chi connectivity index (χ0n) is 11.1. The van der Waals surface area contributed by atoms with Crippen LogP contribution in [0.1, 0.15) is 20.8 Å². The van der Waals surface area contributed by atoms with Crippen molar-refractivity contribution in [3.8, 4) is 0 Å². The van der Waals surface area contributed by atoms with Gasteiger partial charge in [-0.2, -0.15) is 5.10 Å². The molecule has 0 spiro atoms. The van der Waals surface area contributed by atoms with E-state index in [0.29, 0.717) is 10.9 Å². The zero-order valence-corrected chi connectivity index (χ0v) is 11.1. The van der Waals surface area contributed by atoms with Crippen molar-refractivity contribution < 1.29 is 19.1 Å². The van der Waals surface area contributed by atoms with Gasteiger partial charge in [-0.25, -0.2) is 9.18 Å². The van der Waals surface area contributed by atoms with Crippen molar-refractivity contribution >= 4 is 28.5 Å². The number of carboxylic acids is 1. The molecular formula is C15H10FN3O3. The summed E-state index contributed by atoms with van der Waals surface area (Å²) in [6, 6.07) is 10.2. The Morgan fingerprint density at radius 2 is 1.95 bits per heavy atom. The number of carbonyl (C=O) groups is 2. The lowest BCUT2D eigenvalue weighted by Gasteiger charge is -2.06. The maximum absolute atomic E-state index is 13.7. The molecule has 22 heavy (non-hydrogen) atoms. The topological polar surface area (TPSA) is 95.1 Å². The van der Waals surface area contributed by atoms with E-state index in [4.69, 9.17) is 5.11 Å². The van der Waals surface area contributed by atoms with Crippen LogP contribution in [0.2, 0.25) is 0 Å². The molecule has 0 fully saturated rings. The number of aromatic amines is 1. The SMILES string of the molecule is O=C(O)c1ccc(F)c(NC(=O)c2n[nH]c3ccccc23)c1. The number of carboxylic acid groups (broad SMARTS) is 1. The molecule has 6 nitrogen and oxygen atoms in total. The van der Waals surface area contributed by atoms with Crippen LogP contribution in [0.4, 0.5) is 10.1 Å². The molecule has 110 valence electrons. The first-order valence-electron chi connectivity index (χ1n) is 6.33. The number of aromatic carboxylic acids is 1. The number of fused-ring (bicyclic) bond motifs is 1. The zero-order chi connectivity index (χ0) is 15.7. The van der Waals surface area contributed by atoms with Crippen LogP contribution in [0.25, 0.3) is 10.9 Å². The standard InChI is InChI=1S/C15H10FN3O3/c16-10-6-5-8(15(21)22)7-12(10)17-14(20)13-9-3-1-2-4-11(9)18-19-13/h1-7H,(H,17,20)(H,18,19)(H,21,22). The lowest BCUT2D eigenvalue weighted by molar-refractivity contribution is 0.0696. The number of halogens is 1. The molecule has 0 unspecified atom stereocenters. The van der Waals surface area contributed by atoms with Crippen molar-refractivity contribution in [2.24, 2.45) is 0 Å². The fraction of sp³-hybridized carbons (Fsp3) is 0. The molecule has 0 bridgehead atoms.